The first kappa shape index (κ1) is 33.7. The van der Waals surface area contributed by atoms with Crippen LogP contribution in [0.25, 0.3) is 0 Å². The Bertz CT molecular complexity index is 1700. The first-order valence-electron chi connectivity index (χ1n) is 14.6. The Morgan fingerprint density at radius 3 is 2.09 bits per heavy atom. The minimum atomic E-state index is -4.23. The van der Waals surface area contributed by atoms with Crippen molar-refractivity contribution in [2.75, 3.05) is 17.4 Å². The second-order valence-electron chi connectivity index (χ2n) is 11.2. The molecule has 0 heterocycles. The van der Waals surface area contributed by atoms with Gasteiger partial charge in [-0.25, -0.2) is 12.8 Å². The third-order valence-electron chi connectivity index (χ3n) is 7.26. The number of hydrogen-bond acceptors (Lipinski definition) is 4. The van der Waals surface area contributed by atoms with Crippen LogP contribution in [0.3, 0.4) is 0 Å². The molecule has 0 saturated carbocycles. The van der Waals surface area contributed by atoms with Crippen molar-refractivity contribution in [2.24, 2.45) is 5.92 Å². The number of hydrogen-bond donors (Lipinski definition) is 1. The minimum Gasteiger partial charge on any atom is -0.354 e. The molecule has 1 atom stereocenters. The number of halogens is 2. The Morgan fingerprint density at radius 1 is 0.867 bits per heavy atom. The molecular weight excluding hydrogens is 613 g/mol. The fourth-order valence-electron chi connectivity index (χ4n) is 4.89. The molecule has 0 aromatic heterocycles. The van der Waals surface area contributed by atoms with Gasteiger partial charge in [0, 0.05) is 24.5 Å². The molecule has 2 amide bonds. The van der Waals surface area contributed by atoms with Gasteiger partial charge in [0.1, 0.15) is 18.4 Å². The molecule has 4 rings (SSSR count). The maximum Gasteiger partial charge on any atom is 0.264 e. The highest BCUT2D eigenvalue weighted by Crippen LogP contribution is 2.29. The normalized spacial score (nSPS) is 12.0. The number of carbonyl (C=O) groups excluding carboxylic acids is 2. The van der Waals surface area contributed by atoms with Crippen molar-refractivity contribution in [3.8, 4) is 0 Å². The molecule has 0 aliphatic carbocycles. The van der Waals surface area contributed by atoms with Gasteiger partial charge in [0.15, 0.2) is 0 Å². The van der Waals surface area contributed by atoms with E-state index in [9.17, 15) is 22.4 Å². The Labute approximate surface area is 269 Å². The first-order valence-corrected chi connectivity index (χ1v) is 16.5. The average molecular weight is 650 g/mol. The van der Waals surface area contributed by atoms with Crippen molar-refractivity contribution in [1.82, 2.24) is 10.2 Å². The van der Waals surface area contributed by atoms with Crippen LogP contribution in [-0.4, -0.2) is 44.3 Å². The molecule has 1 N–H and O–H groups in total. The van der Waals surface area contributed by atoms with Crippen LogP contribution in [0.15, 0.2) is 108 Å². The van der Waals surface area contributed by atoms with Crippen molar-refractivity contribution >= 4 is 39.1 Å². The third-order valence-corrected chi connectivity index (χ3v) is 9.27. The topological polar surface area (TPSA) is 86.8 Å². The zero-order valence-electron chi connectivity index (χ0n) is 25.5. The van der Waals surface area contributed by atoms with Crippen LogP contribution >= 0.6 is 11.6 Å². The van der Waals surface area contributed by atoms with Crippen molar-refractivity contribution in [3.05, 3.63) is 131 Å². The summed E-state index contributed by atoms with van der Waals surface area (Å²) in [6, 6.07) is 26.6. The summed E-state index contributed by atoms with van der Waals surface area (Å²) in [6.07, 6.45) is 0.184. The van der Waals surface area contributed by atoms with E-state index in [0.717, 1.165) is 9.87 Å². The van der Waals surface area contributed by atoms with E-state index in [1.807, 2.05) is 44.2 Å². The Balaban J connectivity index is 1.81. The summed E-state index contributed by atoms with van der Waals surface area (Å²) in [5.41, 5.74) is 2.23. The van der Waals surface area contributed by atoms with Crippen LogP contribution in [-0.2, 0) is 32.6 Å². The van der Waals surface area contributed by atoms with Crippen molar-refractivity contribution in [1.29, 1.82) is 0 Å². The van der Waals surface area contributed by atoms with Gasteiger partial charge in [0.05, 0.1) is 10.6 Å². The highest BCUT2D eigenvalue weighted by atomic mass is 35.5. The fraction of sp³-hybridized carbons (Fsp3) is 0.257. The van der Waals surface area contributed by atoms with Gasteiger partial charge in [-0.1, -0.05) is 86.1 Å². The predicted octanol–water partition coefficient (Wildman–Crippen LogP) is 6.40. The summed E-state index contributed by atoms with van der Waals surface area (Å²) in [5, 5.41) is 3.37. The fourth-order valence-corrected chi connectivity index (χ4v) is 6.62. The molecule has 45 heavy (non-hydrogen) atoms. The molecule has 0 aliphatic heterocycles. The van der Waals surface area contributed by atoms with Crippen molar-refractivity contribution in [3.63, 3.8) is 0 Å². The third kappa shape index (κ3) is 8.93. The lowest BCUT2D eigenvalue weighted by Crippen LogP contribution is -2.53. The number of benzene rings is 4. The molecule has 0 fully saturated rings. The number of aryl methyl sites for hydroxylation is 1. The maximum atomic E-state index is 14.5. The summed E-state index contributed by atoms with van der Waals surface area (Å²) < 4.78 is 43.1. The Morgan fingerprint density at radius 2 is 1.49 bits per heavy atom. The number of nitrogens with zero attached hydrogens (tertiary/aromatic N) is 2. The van der Waals surface area contributed by atoms with Crippen LogP contribution in [0, 0.1) is 18.7 Å². The van der Waals surface area contributed by atoms with E-state index in [4.69, 9.17) is 11.6 Å². The van der Waals surface area contributed by atoms with Gasteiger partial charge in [-0.3, -0.25) is 13.9 Å². The van der Waals surface area contributed by atoms with Gasteiger partial charge in [0.25, 0.3) is 10.0 Å². The summed E-state index contributed by atoms with van der Waals surface area (Å²) in [6.45, 7) is 5.39. The quantitative estimate of drug-likeness (QED) is 0.182. The van der Waals surface area contributed by atoms with Gasteiger partial charge in [-0.2, -0.15) is 0 Å². The molecule has 0 unspecified atom stereocenters. The molecule has 0 spiro atoms. The standard InChI is InChI=1S/C35H37ClFN3O4S/c1-25(2)22-38-35(42)33(21-27-10-6-4-7-11-27)39(23-28-14-17-30(37)18-15-28)34(41)24-40(32-19-16-29(36)20-26(32)3)45(43,44)31-12-8-5-9-13-31/h4-20,25,33H,21-24H2,1-3H3,(H,38,42)/t33-/m1/s1. The lowest BCUT2D eigenvalue weighted by molar-refractivity contribution is -0.140. The van der Waals surface area contributed by atoms with Gasteiger partial charge < -0.3 is 10.2 Å². The van der Waals surface area contributed by atoms with E-state index in [1.54, 1.807) is 55.5 Å². The van der Waals surface area contributed by atoms with Crippen LogP contribution < -0.4 is 9.62 Å². The number of carbonyl (C=O) groups is 2. The predicted molar refractivity (Wildman–Crippen MR) is 176 cm³/mol. The molecule has 7 nitrogen and oxygen atoms in total. The van der Waals surface area contributed by atoms with Crippen LogP contribution in [0.1, 0.15) is 30.5 Å². The Hall–Kier alpha value is -4.21. The monoisotopic (exact) mass is 649 g/mol. The smallest absolute Gasteiger partial charge is 0.264 e. The highest BCUT2D eigenvalue weighted by Gasteiger charge is 2.35. The highest BCUT2D eigenvalue weighted by molar-refractivity contribution is 7.92. The van der Waals surface area contributed by atoms with Crippen LogP contribution in [0.2, 0.25) is 5.02 Å². The number of rotatable bonds is 13. The molecule has 0 radical (unpaired) electrons. The zero-order valence-corrected chi connectivity index (χ0v) is 27.1. The number of anilines is 1. The SMILES string of the molecule is Cc1cc(Cl)ccc1N(CC(=O)N(Cc1ccc(F)cc1)[C@H](Cc1ccccc1)C(=O)NCC(C)C)S(=O)(=O)c1ccccc1. The molecule has 10 heteroatoms. The second kappa shape index (κ2) is 15.2. The summed E-state index contributed by atoms with van der Waals surface area (Å²) in [5.74, 6) is -1.26. The second-order valence-corrected chi connectivity index (χ2v) is 13.5. The molecule has 0 saturated heterocycles. The van der Waals surface area contributed by atoms with E-state index < -0.39 is 34.3 Å². The summed E-state index contributed by atoms with van der Waals surface area (Å²) in [7, 11) is -4.23. The van der Waals surface area contributed by atoms with Gasteiger partial charge in [-0.05, 0) is 72.0 Å². The summed E-state index contributed by atoms with van der Waals surface area (Å²) >= 11 is 6.20. The van der Waals surface area contributed by atoms with E-state index in [1.165, 1.54) is 29.2 Å². The zero-order chi connectivity index (χ0) is 32.6. The molecule has 4 aromatic carbocycles. The van der Waals surface area contributed by atoms with E-state index in [0.29, 0.717) is 22.7 Å². The van der Waals surface area contributed by atoms with Gasteiger partial charge in [-0.15, -0.1) is 0 Å². The minimum absolute atomic E-state index is 0.00717. The summed E-state index contributed by atoms with van der Waals surface area (Å²) in [4.78, 5) is 29.7. The Kier molecular flexibility index (Phi) is 11.4. The largest absolute Gasteiger partial charge is 0.354 e. The number of sulfonamides is 1. The molecular formula is C35H37ClFN3O4S. The van der Waals surface area contributed by atoms with Gasteiger partial charge >= 0.3 is 0 Å². The van der Waals surface area contributed by atoms with Gasteiger partial charge in [0.2, 0.25) is 11.8 Å². The molecule has 0 aliphatic rings. The lowest BCUT2D eigenvalue weighted by atomic mass is 10.0. The number of amides is 2. The molecule has 0 bridgehead atoms. The van der Waals surface area contributed by atoms with Crippen LogP contribution in [0.4, 0.5) is 10.1 Å². The lowest BCUT2D eigenvalue weighted by Gasteiger charge is -2.34. The van der Waals surface area contributed by atoms with E-state index >= 15 is 0 Å². The van der Waals surface area contributed by atoms with Crippen LogP contribution in [0.5, 0.6) is 0 Å². The molecule has 236 valence electrons. The van der Waals surface area contributed by atoms with Crippen molar-refractivity contribution < 1.29 is 22.4 Å². The van der Waals surface area contributed by atoms with E-state index in [-0.39, 0.29) is 35.4 Å². The average Bonchev–Trinajstić information content (AvgIpc) is 3.02. The first-order chi connectivity index (χ1) is 21.5. The van der Waals surface area contributed by atoms with E-state index in [2.05, 4.69) is 5.32 Å². The maximum absolute atomic E-state index is 14.5. The van der Waals surface area contributed by atoms with Crippen molar-refractivity contribution in [2.45, 2.75) is 44.7 Å². The number of nitrogens with one attached hydrogen (secondary N) is 1. The molecule has 4 aromatic rings.